The van der Waals surface area contributed by atoms with Crippen LogP contribution in [0.2, 0.25) is 5.02 Å². The number of halogens is 4. The molecular formula is C29H31ClF3N7O4. The summed E-state index contributed by atoms with van der Waals surface area (Å²) in [5.41, 5.74) is 1.50. The van der Waals surface area contributed by atoms with Gasteiger partial charge in [-0.3, -0.25) is 4.79 Å². The fourth-order valence-electron chi connectivity index (χ4n) is 4.34. The van der Waals surface area contributed by atoms with Crippen LogP contribution in [-0.2, 0) is 10.3 Å². The number of aliphatic carboxylic acids is 1. The first-order valence-corrected chi connectivity index (χ1v) is 14.1. The van der Waals surface area contributed by atoms with Gasteiger partial charge in [0.2, 0.25) is 11.9 Å². The standard InChI is InChI=1S/C29H31ClF3N7O4/c1-17(34)4-2-3-5-22(24(42)43)36-23(41)18-6-12-21(13-7-18)35-25-37-26(39-27(38-25)44-16-29(31,32)33)40-28(14-15-28)19-8-10-20(30)11-9-19/h6-13,22,34H,2-5,14-16H2,1H3,(H,36,41)(H,42,43)(H2,35,37,38,39,40)/t22-/m1/s1. The third kappa shape index (κ3) is 9.53. The van der Waals surface area contributed by atoms with E-state index >= 15 is 0 Å². The molecule has 1 fully saturated rings. The molecule has 0 unspecified atom stereocenters. The summed E-state index contributed by atoms with van der Waals surface area (Å²) in [6.45, 7) is 0.0834. The largest absolute Gasteiger partial charge is 0.480 e. The fraction of sp³-hybridized carbons (Fsp3) is 0.379. The molecule has 44 heavy (non-hydrogen) atoms. The van der Waals surface area contributed by atoms with Crippen LogP contribution in [0.4, 0.5) is 30.8 Å². The number of nitrogens with one attached hydrogen (secondary N) is 4. The molecule has 1 amide bonds. The number of hydrogen-bond donors (Lipinski definition) is 5. The Balaban J connectivity index is 1.46. The molecule has 5 N–H and O–H groups in total. The highest BCUT2D eigenvalue weighted by Crippen LogP contribution is 2.48. The van der Waals surface area contributed by atoms with Crippen LogP contribution >= 0.6 is 11.6 Å². The van der Waals surface area contributed by atoms with Crippen LogP contribution < -0.4 is 20.7 Å². The molecule has 234 valence electrons. The molecule has 1 atom stereocenters. The predicted octanol–water partition coefficient (Wildman–Crippen LogP) is 6.09. The summed E-state index contributed by atoms with van der Waals surface area (Å²) in [6.07, 6.45) is -1.17. The highest BCUT2D eigenvalue weighted by atomic mass is 35.5. The summed E-state index contributed by atoms with van der Waals surface area (Å²) < 4.78 is 43.3. The maximum absolute atomic E-state index is 12.8. The number of anilines is 3. The molecule has 15 heteroatoms. The van der Waals surface area contributed by atoms with Gasteiger partial charge in [-0.25, -0.2) is 4.79 Å². The second kappa shape index (κ2) is 13.9. The first-order chi connectivity index (χ1) is 20.8. The van der Waals surface area contributed by atoms with Gasteiger partial charge in [0.05, 0.1) is 5.54 Å². The topological polar surface area (TPSA) is 162 Å². The summed E-state index contributed by atoms with van der Waals surface area (Å²) in [6, 6.07) is 11.5. The number of carbonyl (C=O) groups is 2. The number of carbonyl (C=O) groups excluding carboxylic acids is 1. The predicted molar refractivity (Wildman–Crippen MR) is 158 cm³/mol. The monoisotopic (exact) mass is 633 g/mol. The maximum atomic E-state index is 12.8. The quantitative estimate of drug-likeness (QED) is 0.0984. The number of benzene rings is 2. The number of amides is 1. The van der Waals surface area contributed by atoms with Gasteiger partial charge in [0.1, 0.15) is 6.04 Å². The Kier molecular flexibility index (Phi) is 10.2. The van der Waals surface area contributed by atoms with E-state index in [4.69, 9.17) is 21.7 Å². The molecule has 0 saturated heterocycles. The first kappa shape index (κ1) is 32.5. The molecule has 1 aliphatic carbocycles. The zero-order valence-electron chi connectivity index (χ0n) is 23.7. The lowest BCUT2D eigenvalue weighted by Gasteiger charge is -2.19. The Labute approximate surface area is 256 Å². The Morgan fingerprint density at radius 1 is 1.05 bits per heavy atom. The van der Waals surface area contributed by atoms with E-state index in [0.717, 1.165) is 18.4 Å². The Morgan fingerprint density at radius 3 is 2.30 bits per heavy atom. The Bertz CT molecular complexity index is 1480. The molecule has 1 heterocycles. The summed E-state index contributed by atoms with van der Waals surface area (Å²) in [4.78, 5) is 36.6. The van der Waals surface area contributed by atoms with Crippen molar-refractivity contribution in [2.24, 2.45) is 0 Å². The third-order valence-electron chi connectivity index (χ3n) is 6.78. The van der Waals surface area contributed by atoms with Gasteiger partial charge in [-0.15, -0.1) is 0 Å². The lowest BCUT2D eigenvalue weighted by Crippen LogP contribution is -2.40. The van der Waals surface area contributed by atoms with Crippen molar-refractivity contribution >= 4 is 46.8 Å². The highest BCUT2D eigenvalue weighted by molar-refractivity contribution is 6.30. The van der Waals surface area contributed by atoms with E-state index < -0.39 is 42.3 Å². The number of ether oxygens (including phenoxy) is 1. The van der Waals surface area contributed by atoms with E-state index in [-0.39, 0.29) is 23.9 Å². The van der Waals surface area contributed by atoms with Gasteiger partial charge in [0.15, 0.2) is 6.61 Å². The number of aromatic nitrogens is 3. The molecule has 3 aromatic rings. The van der Waals surface area contributed by atoms with Crippen molar-refractivity contribution in [3.63, 3.8) is 0 Å². The number of hydrogen-bond acceptors (Lipinski definition) is 9. The average molecular weight is 634 g/mol. The molecule has 1 aromatic heterocycles. The highest BCUT2D eigenvalue weighted by Gasteiger charge is 2.45. The van der Waals surface area contributed by atoms with Crippen LogP contribution in [0.15, 0.2) is 48.5 Å². The summed E-state index contributed by atoms with van der Waals surface area (Å²) >= 11 is 6.00. The normalized spacial score (nSPS) is 14.3. The second-order valence-corrected chi connectivity index (χ2v) is 10.9. The number of carboxylic acids is 1. The molecular weight excluding hydrogens is 603 g/mol. The molecule has 1 aliphatic rings. The lowest BCUT2D eigenvalue weighted by molar-refractivity contribution is -0.154. The number of unbranched alkanes of at least 4 members (excludes halogenated alkanes) is 1. The van der Waals surface area contributed by atoms with Crippen LogP contribution in [0.3, 0.4) is 0 Å². The van der Waals surface area contributed by atoms with E-state index in [1.165, 1.54) is 24.3 Å². The first-order valence-electron chi connectivity index (χ1n) is 13.8. The minimum Gasteiger partial charge on any atom is -0.480 e. The number of carboxylic acid groups (broad SMARTS) is 1. The van der Waals surface area contributed by atoms with Crippen LogP contribution in [0.25, 0.3) is 0 Å². The minimum absolute atomic E-state index is 0.00129. The van der Waals surface area contributed by atoms with Gasteiger partial charge >= 0.3 is 18.2 Å². The van der Waals surface area contributed by atoms with Gasteiger partial charge in [-0.05, 0) is 81.0 Å². The van der Waals surface area contributed by atoms with Crippen molar-refractivity contribution in [2.75, 3.05) is 17.2 Å². The lowest BCUT2D eigenvalue weighted by atomic mass is 10.1. The summed E-state index contributed by atoms with van der Waals surface area (Å²) in [7, 11) is 0. The summed E-state index contributed by atoms with van der Waals surface area (Å²) in [5.74, 6) is -1.85. The summed E-state index contributed by atoms with van der Waals surface area (Å²) in [5, 5.41) is 26.1. The maximum Gasteiger partial charge on any atom is 0.422 e. The van der Waals surface area contributed by atoms with Crippen molar-refractivity contribution in [1.82, 2.24) is 20.3 Å². The third-order valence-corrected chi connectivity index (χ3v) is 7.03. The molecule has 0 aliphatic heterocycles. The molecule has 0 bridgehead atoms. The van der Waals surface area contributed by atoms with E-state index in [9.17, 15) is 27.9 Å². The van der Waals surface area contributed by atoms with Crippen LogP contribution in [0.5, 0.6) is 6.01 Å². The molecule has 0 radical (unpaired) electrons. The SMILES string of the molecule is CC(=N)CCCC[C@@H](NC(=O)c1ccc(Nc2nc(NC3(c4ccc(Cl)cc4)CC3)nc(OCC(F)(F)F)n2)cc1)C(=O)O. The second-order valence-electron chi connectivity index (χ2n) is 10.5. The van der Waals surface area contributed by atoms with Crippen LogP contribution in [0.1, 0.15) is 61.4 Å². The van der Waals surface area contributed by atoms with Crippen molar-refractivity contribution < 1.29 is 32.6 Å². The van der Waals surface area contributed by atoms with Crippen molar-refractivity contribution in [3.8, 4) is 6.01 Å². The van der Waals surface area contributed by atoms with E-state index in [2.05, 4.69) is 30.9 Å². The Hall–Kier alpha value is -4.46. The smallest absolute Gasteiger partial charge is 0.422 e. The van der Waals surface area contributed by atoms with Crippen molar-refractivity contribution in [1.29, 1.82) is 5.41 Å². The van der Waals surface area contributed by atoms with Gasteiger partial charge in [0.25, 0.3) is 5.91 Å². The van der Waals surface area contributed by atoms with Crippen LogP contribution in [0, 0.1) is 5.41 Å². The van der Waals surface area contributed by atoms with E-state index in [1.54, 1.807) is 19.1 Å². The number of nitrogens with zero attached hydrogens (tertiary/aromatic N) is 3. The number of alkyl halides is 3. The number of rotatable bonds is 15. The van der Waals surface area contributed by atoms with E-state index in [1.807, 2.05) is 12.1 Å². The van der Waals surface area contributed by atoms with Crippen molar-refractivity contribution in [2.45, 2.75) is 63.2 Å². The Morgan fingerprint density at radius 2 is 1.70 bits per heavy atom. The fourth-order valence-corrected chi connectivity index (χ4v) is 4.47. The zero-order chi connectivity index (χ0) is 31.9. The molecule has 1 saturated carbocycles. The van der Waals surface area contributed by atoms with Gasteiger partial charge < -0.3 is 31.2 Å². The minimum atomic E-state index is -4.61. The van der Waals surface area contributed by atoms with Gasteiger partial charge in [-0.1, -0.05) is 30.2 Å². The molecule has 2 aromatic carbocycles. The van der Waals surface area contributed by atoms with E-state index in [0.29, 0.717) is 35.7 Å². The zero-order valence-corrected chi connectivity index (χ0v) is 24.4. The molecule has 4 rings (SSSR count). The van der Waals surface area contributed by atoms with Gasteiger partial charge in [-0.2, -0.15) is 28.1 Å². The van der Waals surface area contributed by atoms with Gasteiger partial charge in [0, 0.05) is 22.0 Å². The van der Waals surface area contributed by atoms with Crippen LogP contribution in [-0.4, -0.2) is 56.5 Å². The average Bonchev–Trinajstić information content (AvgIpc) is 3.73. The molecule has 0 spiro atoms. The van der Waals surface area contributed by atoms with Crippen molar-refractivity contribution in [3.05, 3.63) is 64.7 Å². The molecule has 11 nitrogen and oxygen atoms in total.